The van der Waals surface area contributed by atoms with Crippen LogP contribution in [0.4, 0.5) is 0 Å². The summed E-state index contributed by atoms with van der Waals surface area (Å²) in [6.07, 6.45) is 2.29. The van der Waals surface area contributed by atoms with Gasteiger partial charge in [-0.2, -0.15) is 0 Å². The Morgan fingerprint density at radius 3 is 2.42 bits per heavy atom. The molecular formula is C16H19BrN2. The Balaban J connectivity index is 2.26. The van der Waals surface area contributed by atoms with Crippen molar-refractivity contribution >= 4 is 15.9 Å². The fraction of sp³-hybridized carbons (Fsp3) is 0.250. The Bertz CT molecular complexity index is 523. The summed E-state index contributed by atoms with van der Waals surface area (Å²) in [5.74, 6) is 5.72. The van der Waals surface area contributed by atoms with Crippen LogP contribution in [0.5, 0.6) is 0 Å². The van der Waals surface area contributed by atoms with Crippen LogP contribution >= 0.6 is 15.9 Å². The SMILES string of the molecule is CCCc1ccc(C(NN)c2cccc(Br)c2)cc1. The zero-order valence-corrected chi connectivity index (χ0v) is 12.7. The van der Waals surface area contributed by atoms with E-state index in [0.717, 1.165) is 16.5 Å². The molecule has 0 saturated carbocycles. The molecule has 2 aromatic rings. The Labute approximate surface area is 123 Å². The van der Waals surface area contributed by atoms with Gasteiger partial charge >= 0.3 is 0 Å². The fourth-order valence-electron chi connectivity index (χ4n) is 2.24. The molecule has 1 unspecified atom stereocenters. The first-order valence-corrected chi connectivity index (χ1v) is 7.34. The van der Waals surface area contributed by atoms with Crippen LogP contribution in [0.2, 0.25) is 0 Å². The lowest BCUT2D eigenvalue weighted by Crippen LogP contribution is -2.28. The molecule has 0 amide bonds. The highest BCUT2D eigenvalue weighted by atomic mass is 79.9. The molecule has 2 nitrogen and oxygen atoms in total. The molecule has 2 aromatic carbocycles. The lowest BCUT2D eigenvalue weighted by Gasteiger charge is -2.17. The van der Waals surface area contributed by atoms with Gasteiger partial charge < -0.3 is 0 Å². The molecule has 3 N–H and O–H groups in total. The second-order valence-corrected chi connectivity index (χ2v) is 5.56. The van der Waals surface area contributed by atoms with Gasteiger partial charge in [0, 0.05) is 4.47 Å². The van der Waals surface area contributed by atoms with Crippen molar-refractivity contribution in [3.8, 4) is 0 Å². The molecule has 0 saturated heterocycles. The third-order valence-corrected chi connectivity index (χ3v) is 3.69. The van der Waals surface area contributed by atoms with Crippen molar-refractivity contribution in [3.63, 3.8) is 0 Å². The van der Waals surface area contributed by atoms with Crippen molar-refractivity contribution in [3.05, 3.63) is 69.7 Å². The smallest absolute Gasteiger partial charge is 0.0710 e. The van der Waals surface area contributed by atoms with Gasteiger partial charge in [-0.3, -0.25) is 5.84 Å². The average molecular weight is 319 g/mol. The van der Waals surface area contributed by atoms with Crippen LogP contribution in [0.25, 0.3) is 0 Å². The van der Waals surface area contributed by atoms with Gasteiger partial charge in [0.05, 0.1) is 6.04 Å². The number of hydrazine groups is 1. The molecule has 0 aliphatic rings. The number of halogens is 1. The van der Waals surface area contributed by atoms with E-state index in [4.69, 9.17) is 5.84 Å². The van der Waals surface area contributed by atoms with Gasteiger partial charge in [-0.1, -0.05) is 65.7 Å². The van der Waals surface area contributed by atoms with Gasteiger partial charge in [0.15, 0.2) is 0 Å². The lowest BCUT2D eigenvalue weighted by molar-refractivity contribution is 0.636. The largest absolute Gasteiger partial charge is 0.271 e. The van der Waals surface area contributed by atoms with Crippen LogP contribution in [0.3, 0.4) is 0 Å². The number of hydrogen-bond acceptors (Lipinski definition) is 2. The van der Waals surface area contributed by atoms with Crippen LogP contribution in [-0.4, -0.2) is 0 Å². The second-order valence-electron chi connectivity index (χ2n) is 4.65. The van der Waals surface area contributed by atoms with Crippen molar-refractivity contribution < 1.29 is 0 Å². The Hall–Kier alpha value is -1.16. The highest BCUT2D eigenvalue weighted by molar-refractivity contribution is 9.10. The number of nitrogens with two attached hydrogens (primary N) is 1. The number of nitrogens with one attached hydrogen (secondary N) is 1. The molecule has 0 radical (unpaired) electrons. The van der Waals surface area contributed by atoms with Gasteiger partial charge in [-0.15, -0.1) is 0 Å². The van der Waals surface area contributed by atoms with Gasteiger partial charge in [0.1, 0.15) is 0 Å². The summed E-state index contributed by atoms with van der Waals surface area (Å²) in [4.78, 5) is 0. The molecule has 100 valence electrons. The van der Waals surface area contributed by atoms with E-state index in [0.29, 0.717) is 0 Å². The van der Waals surface area contributed by atoms with Gasteiger partial charge in [-0.05, 0) is 35.2 Å². The number of benzene rings is 2. The molecule has 0 spiro atoms. The van der Waals surface area contributed by atoms with E-state index in [-0.39, 0.29) is 6.04 Å². The molecule has 0 aliphatic heterocycles. The highest BCUT2D eigenvalue weighted by Gasteiger charge is 2.12. The van der Waals surface area contributed by atoms with Crippen molar-refractivity contribution in [1.82, 2.24) is 5.43 Å². The highest BCUT2D eigenvalue weighted by Crippen LogP contribution is 2.24. The molecule has 3 heteroatoms. The molecular weight excluding hydrogens is 300 g/mol. The van der Waals surface area contributed by atoms with E-state index in [1.807, 2.05) is 12.1 Å². The molecule has 0 fully saturated rings. The number of aryl methyl sites for hydroxylation is 1. The van der Waals surface area contributed by atoms with Crippen LogP contribution in [0.1, 0.15) is 36.1 Å². The summed E-state index contributed by atoms with van der Waals surface area (Å²) in [6, 6.07) is 16.9. The first-order chi connectivity index (χ1) is 9.24. The second kappa shape index (κ2) is 6.85. The monoisotopic (exact) mass is 318 g/mol. The maximum absolute atomic E-state index is 5.72. The van der Waals surface area contributed by atoms with Crippen molar-refractivity contribution in [1.29, 1.82) is 0 Å². The van der Waals surface area contributed by atoms with Crippen LogP contribution in [-0.2, 0) is 6.42 Å². The topological polar surface area (TPSA) is 38.0 Å². The zero-order chi connectivity index (χ0) is 13.7. The van der Waals surface area contributed by atoms with E-state index in [1.165, 1.54) is 17.5 Å². The minimum Gasteiger partial charge on any atom is -0.271 e. The molecule has 0 bridgehead atoms. The minimum atomic E-state index is 0.0215. The molecule has 1 atom stereocenters. The summed E-state index contributed by atoms with van der Waals surface area (Å²) in [5.41, 5.74) is 6.60. The van der Waals surface area contributed by atoms with E-state index >= 15 is 0 Å². The standard InChI is InChI=1S/C16H19BrN2/c1-2-4-12-7-9-13(10-8-12)16(19-18)14-5-3-6-15(17)11-14/h3,5-11,16,19H,2,4,18H2,1H3. The van der Waals surface area contributed by atoms with E-state index in [9.17, 15) is 0 Å². The van der Waals surface area contributed by atoms with Crippen LogP contribution < -0.4 is 11.3 Å². The summed E-state index contributed by atoms with van der Waals surface area (Å²) in [7, 11) is 0. The number of rotatable bonds is 5. The number of hydrogen-bond donors (Lipinski definition) is 2. The minimum absolute atomic E-state index is 0.0215. The predicted molar refractivity (Wildman–Crippen MR) is 83.7 cm³/mol. The van der Waals surface area contributed by atoms with Crippen LogP contribution in [0, 0.1) is 0 Å². The maximum Gasteiger partial charge on any atom is 0.0710 e. The molecule has 0 aromatic heterocycles. The van der Waals surface area contributed by atoms with Crippen molar-refractivity contribution in [2.45, 2.75) is 25.8 Å². The molecule has 19 heavy (non-hydrogen) atoms. The summed E-state index contributed by atoms with van der Waals surface area (Å²) in [5, 5.41) is 0. The van der Waals surface area contributed by atoms with Gasteiger partial charge in [0.2, 0.25) is 0 Å². The Morgan fingerprint density at radius 2 is 1.84 bits per heavy atom. The van der Waals surface area contributed by atoms with Gasteiger partial charge in [0.25, 0.3) is 0 Å². The van der Waals surface area contributed by atoms with Crippen molar-refractivity contribution in [2.75, 3.05) is 0 Å². The quantitative estimate of drug-likeness (QED) is 0.647. The fourth-order valence-corrected chi connectivity index (χ4v) is 2.65. The predicted octanol–water partition coefficient (Wildman–Crippen LogP) is 3.95. The molecule has 2 rings (SSSR count). The normalized spacial score (nSPS) is 12.4. The summed E-state index contributed by atoms with van der Waals surface area (Å²) < 4.78 is 1.06. The maximum atomic E-state index is 5.72. The zero-order valence-electron chi connectivity index (χ0n) is 11.1. The summed E-state index contributed by atoms with van der Waals surface area (Å²) in [6.45, 7) is 2.19. The van der Waals surface area contributed by atoms with Crippen LogP contribution in [0.15, 0.2) is 53.0 Å². The molecule has 0 heterocycles. The van der Waals surface area contributed by atoms with Gasteiger partial charge in [-0.25, -0.2) is 5.43 Å². The third kappa shape index (κ3) is 3.66. The Morgan fingerprint density at radius 1 is 1.11 bits per heavy atom. The molecule has 0 aliphatic carbocycles. The summed E-state index contributed by atoms with van der Waals surface area (Å²) >= 11 is 3.50. The van der Waals surface area contributed by atoms with E-state index < -0.39 is 0 Å². The van der Waals surface area contributed by atoms with E-state index in [2.05, 4.69) is 64.7 Å². The Kier molecular flexibility index (Phi) is 5.14. The lowest BCUT2D eigenvalue weighted by atomic mass is 9.97. The first-order valence-electron chi connectivity index (χ1n) is 6.55. The van der Waals surface area contributed by atoms with E-state index in [1.54, 1.807) is 0 Å². The first kappa shape index (κ1) is 14.3. The third-order valence-electron chi connectivity index (χ3n) is 3.20. The average Bonchev–Trinajstić information content (AvgIpc) is 2.42. The van der Waals surface area contributed by atoms with Crippen molar-refractivity contribution in [2.24, 2.45) is 5.84 Å².